The van der Waals surface area contributed by atoms with Crippen LogP contribution in [0.4, 0.5) is 20.6 Å². The summed E-state index contributed by atoms with van der Waals surface area (Å²) in [5.74, 6) is -0.406. The summed E-state index contributed by atoms with van der Waals surface area (Å²) in [6.07, 6.45) is 0.242. The molecule has 2 rings (SSSR count). The predicted octanol–water partition coefficient (Wildman–Crippen LogP) is 2.43. The number of nitrogens with zero attached hydrogens (tertiary/aromatic N) is 3. The molecule has 0 saturated carbocycles. The monoisotopic (exact) mass is 320 g/mol. The molecule has 6 nitrogen and oxygen atoms in total. The molecular formula is C16H21FN4O2. The number of amides is 2. The van der Waals surface area contributed by atoms with E-state index in [0.29, 0.717) is 32.0 Å². The first-order valence-corrected chi connectivity index (χ1v) is 7.55. The first kappa shape index (κ1) is 17.0. The molecule has 0 bridgehead atoms. The molecule has 7 heteroatoms. The van der Waals surface area contributed by atoms with Gasteiger partial charge in [-0.25, -0.2) is 9.18 Å². The van der Waals surface area contributed by atoms with Gasteiger partial charge in [0, 0.05) is 37.6 Å². The van der Waals surface area contributed by atoms with Gasteiger partial charge in [0.15, 0.2) is 0 Å². The maximum absolute atomic E-state index is 13.8. The molecule has 1 aromatic rings. The second-order valence-corrected chi connectivity index (χ2v) is 5.55. The van der Waals surface area contributed by atoms with E-state index >= 15 is 0 Å². The van der Waals surface area contributed by atoms with Gasteiger partial charge >= 0.3 is 6.03 Å². The summed E-state index contributed by atoms with van der Waals surface area (Å²) in [7, 11) is 1.61. The number of carbonyl (C=O) groups excluding carboxylic acids is 1. The van der Waals surface area contributed by atoms with Crippen molar-refractivity contribution in [3.05, 3.63) is 24.0 Å². The van der Waals surface area contributed by atoms with E-state index in [1.807, 2.05) is 11.0 Å². The molecule has 1 atom stereocenters. The van der Waals surface area contributed by atoms with Gasteiger partial charge in [-0.3, -0.25) is 0 Å². The zero-order valence-corrected chi connectivity index (χ0v) is 13.4. The summed E-state index contributed by atoms with van der Waals surface area (Å²) in [6.45, 7) is 4.37. The lowest BCUT2D eigenvalue weighted by Gasteiger charge is -2.29. The average Bonchev–Trinajstić information content (AvgIpc) is 2.54. The van der Waals surface area contributed by atoms with Gasteiger partial charge in [0.25, 0.3) is 0 Å². The number of carbonyl (C=O) groups is 1. The maximum atomic E-state index is 13.8. The Morgan fingerprint density at radius 2 is 2.17 bits per heavy atom. The summed E-state index contributed by atoms with van der Waals surface area (Å²) >= 11 is 0. The first-order chi connectivity index (χ1) is 11.0. The fraction of sp³-hybridized carbons (Fsp3) is 0.500. The van der Waals surface area contributed by atoms with Crippen LogP contribution in [0.2, 0.25) is 0 Å². The van der Waals surface area contributed by atoms with Crippen LogP contribution in [0, 0.1) is 17.1 Å². The molecule has 124 valence electrons. The highest BCUT2D eigenvalue weighted by atomic mass is 19.1. The van der Waals surface area contributed by atoms with E-state index in [1.165, 1.54) is 17.0 Å². The van der Waals surface area contributed by atoms with Gasteiger partial charge in [0.05, 0.1) is 25.7 Å². The second-order valence-electron chi connectivity index (χ2n) is 5.55. The summed E-state index contributed by atoms with van der Waals surface area (Å²) < 4.78 is 19.1. The third-order valence-electron chi connectivity index (χ3n) is 3.88. The Hall–Kier alpha value is -2.33. The Kier molecular flexibility index (Phi) is 5.77. The maximum Gasteiger partial charge on any atom is 0.321 e. The van der Waals surface area contributed by atoms with Crippen LogP contribution in [-0.4, -0.2) is 50.3 Å². The van der Waals surface area contributed by atoms with Gasteiger partial charge in [0.2, 0.25) is 0 Å². The molecular weight excluding hydrogens is 299 g/mol. The molecule has 0 aliphatic carbocycles. The quantitative estimate of drug-likeness (QED) is 0.925. The van der Waals surface area contributed by atoms with Crippen molar-refractivity contribution < 1.29 is 13.9 Å². The van der Waals surface area contributed by atoms with Crippen LogP contribution in [0.15, 0.2) is 18.2 Å². The van der Waals surface area contributed by atoms with E-state index in [0.717, 1.165) is 5.69 Å². The molecule has 1 aliphatic heterocycles. The van der Waals surface area contributed by atoms with Gasteiger partial charge in [-0.2, -0.15) is 5.26 Å². The molecule has 0 radical (unpaired) electrons. The predicted molar refractivity (Wildman–Crippen MR) is 85.9 cm³/mol. The van der Waals surface area contributed by atoms with Gasteiger partial charge in [-0.1, -0.05) is 0 Å². The van der Waals surface area contributed by atoms with Crippen molar-refractivity contribution in [2.24, 2.45) is 0 Å². The lowest BCUT2D eigenvalue weighted by molar-refractivity contribution is 0.122. The van der Waals surface area contributed by atoms with Crippen LogP contribution in [0.3, 0.4) is 0 Å². The van der Waals surface area contributed by atoms with Crippen molar-refractivity contribution in [2.45, 2.75) is 19.4 Å². The number of nitrogens with one attached hydrogen (secondary N) is 1. The molecule has 1 saturated heterocycles. The molecule has 0 aromatic heterocycles. The van der Waals surface area contributed by atoms with Crippen LogP contribution in [0.1, 0.15) is 13.3 Å². The average molecular weight is 320 g/mol. The lowest BCUT2D eigenvalue weighted by Crippen LogP contribution is -2.38. The number of hydrogen-bond donors (Lipinski definition) is 1. The second kappa shape index (κ2) is 7.79. The minimum atomic E-state index is -0.406. The van der Waals surface area contributed by atoms with E-state index in [4.69, 9.17) is 10.00 Å². The van der Waals surface area contributed by atoms with Crippen molar-refractivity contribution >= 4 is 17.4 Å². The standard InChI is InChI=1S/C16H21FN4O2/c1-12(3-4-18)20(2)16(22)19-14-9-13(17)10-15(11-14)21-5-7-23-8-6-21/h9-12H,3,5-8H2,1-2H3,(H,19,22)/t12-/m1/s1. The Balaban J connectivity index is 2.09. The van der Waals surface area contributed by atoms with Gasteiger partial charge in [-0.15, -0.1) is 0 Å². The zero-order chi connectivity index (χ0) is 16.8. The van der Waals surface area contributed by atoms with Gasteiger partial charge < -0.3 is 19.9 Å². The fourth-order valence-corrected chi connectivity index (χ4v) is 2.33. The normalized spacial score (nSPS) is 15.7. The van der Waals surface area contributed by atoms with Gasteiger partial charge in [-0.05, 0) is 25.1 Å². The SMILES string of the molecule is C[C@H](CC#N)N(C)C(=O)Nc1cc(F)cc(N2CCOCC2)c1. The number of urea groups is 1. The third kappa shape index (κ3) is 4.57. The van der Waals surface area contributed by atoms with Crippen molar-refractivity contribution in [2.75, 3.05) is 43.6 Å². The number of halogens is 1. The van der Waals surface area contributed by atoms with Crippen LogP contribution >= 0.6 is 0 Å². The largest absolute Gasteiger partial charge is 0.378 e. The Morgan fingerprint density at radius 3 is 2.83 bits per heavy atom. The van der Waals surface area contributed by atoms with Crippen molar-refractivity contribution in [1.82, 2.24) is 4.90 Å². The van der Waals surface area contributed by atoms with E-state index < -0.39 is 5.82 Å². The van der Waals surface area contributed by atoms with E-state index in [-0.39, 0.29) is 18.5 Å². The molecule has 23 heavy (non-hydrogen) atoms. The summed E-state index contributed by atoms with van der Waals surface area (Å²) in [6, 6.07) is 5.92. The van der Waals surface area contributed by atoms with Crippen LogP contribution in [-0.2, 0) is 4.74 Å². The van der Waals surface area contributed by atoms with Gasteiger partial charge in [0.1, 0.15) is 5.82 Å². The Morgan fingerprint density at radius 1 is 1.48 bits per heavy atom. The first-order valence-electron chi connectivity index (χ1n) is 7.55. The fourth-order valence-electron chi connectivity index (χ4n) is 2.33. The number of benzene rings is 1. The molecule has 1 aromatic carbocycles. The number of rotatable bonds is 4. The smallest absolute Gasteiger partial charge is 0.321 e. The molecule has 1 heterocycles. The topological polar surface area (TPSA) is 68.6 Å². The molecule has 2 amide bonds. The highest BCUT2D eigenvalue weighted by Crippen LogP contribution is 2.23. The van der Waals surface area contributed by atoms with Crippen molar-refractivity contribution in [3.63, 3.8) is 0 Å². The highest BCUT2D eigenvalue weighted by Gasteiger charge is 2.17. The number of hydrogen-bond acceptors (Lipinski definition) is 4. The molecule has 0 spiro atoms. The number of ether oxygens (including phenoxy) is 1. The van der Waals surface area contributed by atoms with E-state index in [2.05, 4.69) is 5.32 Å². The molecule has 1 fully saturated rings. The Labute approximate surface area is 135 Å². The van der Waals surface area contributed by atoms with E-state index in [9.17, 15) is 9.18 Å². The Bertz CT molecular complexity index is 596. The van der Waals surface area contributed by atoms with Crippen LogP contribution in [0.5, 0.6) is 0 Å². The number of morpholine rings is 1. The molecule has 0 unspecified atom stereocenters. The van der Waals surface area contributed by atoms with E-state index in [1.54, 1.807) is 20.0 Å². The summed E-state index contributed by atoms with van der Waals surface area (Å²) in [5, 5.41) is 11.4. The summed E-state index contributed by atoms with van der Waals surface area (Å²) in [4.78, 5) is 15.6. The molecule has 1 N–H and O–H groups in total. The zero-order valence-electron chi connectivity index (χ0n) is 13.4. The van der Waals surface area contributed by atoms with Crippen molar-refractivity contribution in [1.29, 1.82) is 5.26 Å². The minimum Gasteiger partial charge on any atom is -0.378 e. The summed E-state index contributed by atoms with van der Waals surface area (Å²) in [5.41, 5.74) is 1.11. The third-order valence-corrected chi connectivity index (χ3v) is 3.88. The number of anilines is 2. The lowest BCUT2D eigenvalue weighted by atomic mass is 10.2. The van der Waals surface area contributed by atoms with Crippen molar-refractivity contribution in [3.8, 4) is 6.07 Å². The van der Waals surface area contributed by atoms with Crippen LogP contribution in [0.25, 0.3) is 0 Å². The van der Waals surface area contributed by atoms with Crippen LogP contribution < -0.4 is 10.2 Å². The minimum absolute atomic E-state index is 0.215. The highest BCUT2D eigenvalue weighted by molar-refractivity contribution is 5.90. The number of nitriles is 1. The molecule has 1 aliphatic rings.